The quantitative estimate of drug-likeness (QED) is 0.0211. The highest BCUT2D eigenvalue weighted by atomic mass is 16.7. The molecule has 490 valence electrons. The van der Waals surface area contributed by atoms with Gasteiger partial charge in [-0.15, -0.1) is 0 Å². The first-order valence-corrected chi connectivity index (χ1v) is 36.5. The zero-order chi connectivity index (χ0) is 60.5. The predicted molar refractivity (Wildman–Crippen MR) is 355 cm³/mol. The van der Waals surface area contributed by atoms with Crippen LogP contribution in [0, 0.1) is 0 Å². The van der Waals surface area contributed by atoms with Crippen molar-refractivity contribution in [2.24, 2.45) is 0 Å². The number of rotatable bonds is 69. The van der Waals surface area contributed by atoms with Gasteiger partial charge in [-0.1, -0.05) is 321 Å². The van der Waals surface area contributed by atoms with Gasteiger partial charge in [-0.25, -0.2) is 4.79 Å². The van der Waals surface area contributed by atoms with E-state index in [1.165, 1.54) is 308 Å². The average Bonchev–Trinajstić information content (AvgIpc) is 3.46. The Kier molecular flexibility index (Phi) is 64.0. The van der Waals surface area contributed by atoms with Gasteiger partial charge in [0.1, 0.15) is 13.2 Å². The topological polar surface area (TPSA) is 108 Å². The molecule has 1 N–H and O–H groups in total. The number of nitrogens with zero attached hydrogens (tertiary/aromatic N) is 1. The van der Waals surface area contributed by atoms with Crippen molar-refractivity contribution in [2.75, 3.05) is 47.5 Å². The SMILES string of the molecule is CCCCCCCCCC/C=C\CCCCCCCCCCCCCCCCCCCCCCCCCC(=O)OC(COC(=O)CCCCCCCCCCCCC/C=C\CCCCCCCCCC)COC(OCC[N+](C)(C)C)C(=O)O. The van der Waals surface area contributed by atoms with Gasteiger partial charge in [0, 0.05) is 12.8 Å². The summed E-state index contributed by atoms with van der Waals surface area (Å²) in [5, 5.41) is 9.75. The molecule has 0 aliphatic heterocycles. The summed E-state index contributed by atoms with van der Waals surface area (Å²) in [4.78, 5) is 37.6. The molecule has 0 heterocycles. The summed E-state index contributed by atoms with van der Waals surface area (Å²) in [7, 11) is 5.99. The second-order valence-corrected chi connectivity index (χ2v) is 26.3. The molecule has 0 saturated carbocycles. The van der Waals surface area contributed by atoms with E-state index in [-0.39, 0.29) is 38.2 Å². The van der Waals surface area contributed by atoms with Gasteiger partial charge in [0.15, 0.2) is 6.10 Å². The van der Waals surface area contributed by atoms with E-state index in [1.54, 1.807) is 0 Å². The van der Waals surface area contributed by atoms with Crippen molar-refractivity contribution < 1.29 is 42.9 Å². The normalized spacial score (nSPS) is 12.7. The van der Waals surface area contributed by atoms with Gasteiger partial charge in [0.05, 0.1) is 34.4 Å². The molecule has 0 aliphatic rings. The van der Waals surface area contributed by atoms with Crippen LogP contribution in [0.2, 0.25) is 0 Å². The molecule has 0 fully saturated rings. The average molecular weight is 1170 g/mol. The van der Waals surface area contributed by atoms with Crippen molar-refractivity contribution in [3.05, 3.63) is 24.3 Å². The standard InChI is InChI=1S/C74H141NO8/c1-6-8-10-12-14-16-18-20-22-24-26-28-30-31-32-33-34-35-36-37-38-39-40-41-43-45-47-49-51-53-55-57-59-61-63-65-72(77)83-70(69-82-74(73(78)79)80-67-66-75(3,4)5)68-81-71(76)64-62-60-58-56-54-52-50-48-46-44-42-29-27-25-23-21-19-17-15-13-11-9-7-2/h24-27,70,74H,6-23,28-69H2,1-5H3/p+1/b26-24-,27-25-. The molecule has 83 heavy (non-hydrogen) atoms. The summed E-state index contributed by atoms with van der Waals surface area (Å²) in [6, 6.07) is 0. The van der Waals surface area contributed by atoms with Crippen molar-refractivity contribution in [1.29, 1.82) is 0 Å². The molecule has 0 aromatic rings. The molecule has 2 unspecified atom stereocenters. The smallest absolute Gasteiger partial charge is 0.361 e. The van der Waals surface area contributed by atoms with Crippen molar-refractivity contribution in [3.63, 3.8) is 0 Å². The zero-order valence-electron chi connectivity index (χ0n) is 56.1. The van der Waals surface area contributed by atoms with Gasteiger partial charge >= 0.3 is 17.9 Å². The Hall–Kier alpha value is -2.23. The minimum Gasteiger partial charge on any atom is -0.477 e. The summed E-state index contributed by atoms with van der Waals surface area (Å²) in [6.45, 7) is 4.95. The summed E-state index contributed by atoms with van der Waals surface area (Å²) in [6.07, 6.45) is 78.8. The summed E-state index contributed by atoms with van der Waals surface area (Å²) >= 11 is 0. The third-order valence-corrected chi connectivity index (χ3v) is 16.7. The van der Waals surface area contributed by atoms with E-state index in [9.17, 15) is 19.5 Å². The summed E-state index contributed by atoms with van der Waals surface area (Å²) < 4.78 is 23.0. The molecule has 0 saturated heterocycles. The maximum Gasteiger partial charge on any atom is 0.361 e. The summed E-state index contributed by atoms with van der Waals surface area (Å²) in [5.74, 6) is -1.98. The highest BCUT2D eigenvalue weighted by Crippen LogP contribution is 2.19. The number of carboxylic acid groups (broad SMARTS) is 1. The number of carbonyl (C=O) groups excluding carboxylic acids is 2. The molecule has 0 radical (unpaired) electrons. The van der Waals surface area contributed by atoms with Gasteiger partial charge in [0.2, 0.25) is 0 Å². The lowest BCUT2D eigenvalue weighted by Gasteiger charge is -2.25. The van der Waals surface area contributed by atoms with Gasteiger partial charge < -0.3 is 28.5 Å². The number of aliphatic carboxylic acids is 1. The van der Waals surface area contributed by atoms with E-state index < -0.39 is 18.4 Å². The number of unbranched alkanes of at least 4 members (excludes halogenated alkanes) is 50. The molecule has 0 aromatic heterocycles. The molecular weight excluding hydrogens is 1030 g/mol. The number of esters is 2. The Morgan fingerprint density at radius 3 is 0.892 bits per heavy atom. The summed E-state index contributed by atoms with van der Waals surface area (Å²) in [5.41, 5.74) is 0. The van der Waals surface area contributed by atoms with Gasteiger partial charge in [0.25, 0.3) is 6.29 Å². The number of allylic oxidation sites excluding steroid dienone is 4. The number of ether oxygens (including phenoxy) is 4. The van der Waals surface area contributed by atoms with E-state index in [4.69, 9.17) is 18.9 Å². The van der Waals surface area contributed by atoms with Crippen LogP contribution in [0.4, 0.5) is 0 Å². The number of carbonyl (C=O) groups is 3. The van der Waals surface area contributed by atoms with Crippen LogP contribution in [0.25, 0.3) is 0 Å². The van der Waals surface area contributed by atoms with Crippen molar-refractivity contribution in [1.82, 2.24) is 0 Å². The lowest BCUT2D eigenvalue weighted by Crippen LogP contribution is -2.40. The molecule has 0 aromatic carbocycles. The van der Waals surface area contributed by atoms with Crippen LogP contribution in [0.1, 0.15) is 373 Å². The minimum absolute atomic E-state index is 0.176. The third kappa shape index (κ3) is 67.1. The molecular formula is C74H142NO8+. The van der Waals surface area contributed by atoms with E-state index in [0.717, 1.165) is 38.5 Å². The van der Waals surface area contributed by atoms with E-state index in [1.807, 2.05) is 21.1 Å². The highest BCUT2D eigenvalue weighted by Gasteiger charge is 2.25. The van der Waals surface area contributed by atoms with Crippen LogP contribution in [-0.4, -0.2) is 87.4 Å². The fourth-order valence-electron chi connectivity index (χ4n) is 11.1. The zero-order valence-corrected chi connectivity index (χ0v) is 56.1. The lowest BCUT2D eigenvalue weighted by molar-refractivity contribution is -0.870. The maximum atomic E-state index is 12.9. The number of hydrogen-bond donors (Lipinski definition) is 1. The predicted octanol–water partition coefficient (Wildman–Crippen LogP) is 22.6. The molecule has 0 amide bonds. The monoisotopic (exact) mass is 1170 g/mol. The Balaban J connectivity index is 4.01. The molecule has 2 atom stereocenters. The Morgan fingerprint density at radius 2 is 0.614 bits per heavy atom. The molecule has 0 rings (SSSR count). The molecule has 9 nitrogen and oxygen atoms in total. The molecule has 0 aliphatic carbocycles. The van der Waals surface area contributed by atoms with Crippen LogP contribution < -0.4 is 0 Å². The van der Waals surface area contributed by atoms with E-state index in [0.29, 0.717) is 17.4 Å². The first-order chi connectivity index (χ1) is 40.6. The van der Waals surface area contributed by atoms with Crippen LogP contribution in [0.3, 0.4) is 0 Å². The van der Waals surface area contributed by atoms with Crippen molar-refractivity contribution in [2.45, 2.75) is 386 Å². The third-order valence-electron chi connectivity index (χ3n) is 16.7. The van der Waals surface area contributed by atoms with Gasteiger partial charge in [-0.2, -0.15) is 0 Å². The fraction of sp³-hybridized carbons (Fsp3) is 0.905. The van der Waals surface area contributed by atoms with E-state index in [2.05, 4.69) is 38.2 Å². The number of carboxylic acids is 1. The highest BCUT2D eigenvalue weighted by molar-refractivity contribution is 5.71. The van der Waals surface area contributed by atoms with Crippen LogP contribution in [0.5, 0.6) is 0 Å². The molecule has 9 heteroatoms. The van der Waals surface area contributed by atoms with E-state index >= 15 is 0 Å². The first-order valence-electron chi connectivity index (χ1n) is 36.5. The number of quaternary nitrogens is 1. The Morgan fingerprint density at radius 1 is 0.349 bits per heavy atom. The van der Waals surface area contributed by atoms with Gasteiger partial charge in [-0.3, -0.25) is 9.59 Å². The fourth-order valence-corrected chi connectivity index (χ4v) is 11.1. The van der Waals surface area contributed by atoms with Crippen LogP contribution in [-0.2, 0) is 33.3 Å². The second kappa shape index (κ2) is 65.7. The Labute approximate surface area is 516 Å². The maximum absolute atomic E-state index is 12.9. The molecule has 0 spiro atoms. The first kappa shape index (κ1) is 80.8. The lowest BCUT2D eigenvalue weighted by atomic mass is 10.0. The van der Waals surface area contributed by atoms with Crippen LogP contribution >= 0.6 is 0 Å². The number of hydrogen-bond acceptors (Lipinski definition) is 7. The van der Waals surface area contributed by atoms with Gasteiger partial charge in [-0.05, 0) is 64.2 Å². The van der Waals surface area contributed by atoms with Crippen molar-refractivity contribution >= 4 is 17.9 Å². The molecule has 0 bridgehead atoms. The number of likely N-dealkylation sites (N-methyl/N-ethyl adjacent to an activating group) is 1. The minimum atomic E-state index is -1.51. The Bertz CT molecular complexity index is 1410. The second-order valence-electron chi connectivity index (χ2n) is 26.3. The van der Waals surface area contributed by atoms with Crippen molar-refractivity contribution in [3.8, 4) is 0 Å². The van der Waals surface area contributed by atoms with Crippen LogP contribution in [0.15, 0.2) is 24.3 Å². The largest absolute Gasteiger partial charge is 0.477 e.